The minimum Gasteiger partial charge on any atom is -0.383 e. The molecule has 1 atom stereocenters. The van der Waals surface area contributed by atoms with E-state index in [2.05, 4.69) is 10.3 Å². The molecule has 1 aromatic heterocycles. The van der Waals surface area contributed by atoms with Crippen LogP contribution in [0.4, 0.5) is 0 Å². The maximum Gasteiger partial charge on any atom is 0.253 e. The van der Waals surface area contributed by atoms with Gasteiger partial charge in [-0.25, -0.2) is 4.98 Å². The number of pyridine rings is 1. The van der Waals surface area contributed by atoms with Gasteiger partial charge in [0.15, 0.2) is 0 Å². The first kappa shape index (κ1) is 11.9. The molecule has 1 saturated heterocycles. The van der Waals surface area contributed by atoms with Gasteiger partial charge >= 0.3 is 0 Å². The zero-order chi connectivity index (χ0) is 12.3. The molecule has 6 heteroatoms. The van der Waals surface area contributed by atoms with Gasteiger partial charge < -0.3 is 5.32 Å². The van der Waals surface area contributed by atoms with Crippen LogP contribution in [0.15, 0.2) is 30.2 Å². The van der Waals surface area contributed by atoms with Gasteiger partial charge in [-0.05, 0) is 24.5 Å². The zero-order valence-corrected chi connectivity index (χ0v) is 9.85. The second kappa shape index (κ2) is 5.14. The Labute approximate surface area is 104 Å². The summed E-state index contributed by atoms with van der Waals surface area (Å²) in [5.41, 5.74) is 1.74. The summed E-state index contributed by atoms with van der Waals surface area (Å²) in [5.74, 6) is 0.170. The van der Waals surface area contributed by atoms with Crippen molar-refractivity contribution in [2.75, 3.05) is 6.54 Å². The van der Waals surface area contributed by atoms with Gasteiger partial charge in [-0.2, -0.15) is 0 Å². The van der Waals surface area contributed by atoms with Crippen LogP contribution in [0.5, 0.6) is 0 Å². The largest absolute Gasteiger partial charge is 0.383 e. The normalized spacial score (nSPS) is 21.5. The van der Waals surface area contributed by atoms with Gasteiger partial charge in [0, 0.05) is 18.7 Å². The molecule has 1 fully saturated rings. The molecule has 2 heterocycles. The summed E-state index contributed by atoms with van der Waals surface area (Å²) < 4.78 is 0. The molecule has 1 aliphatic heterocycles. The zero-order valence-electron chi connectivity index (χ0n) is 9.10. The smallest absolute Gasteiger partial charge is 0.253 e. The molecule has 1 aliphatic rings. The van der Waals surface area contributed by atoms with Crippen molar-refractivity contribution in [3.63, 3.8) is 0 Å². The highest BCUT2D eigenvalue weighted by Gasteiger charge is 2.23. The van der Waals surface area contributed by atoms with E-state index >= 15 is 0 Å². The molecule has 2 rings (SSSR count). The van der Waals surface area contributed by atoms with Gasteiger partial charge in [0.25, 0.3) is 6.20 Å². The highest BCUT2D eigenvalue weighted by molar-refractivity contribution is 6.29. The number of halogens is 1. The Morgan fingerprint density at radius 1 is 1.65 bits per heavy atom. The second-order valence-corrected chi connectivity index (χ2v) is 4.36. The van der Waals surface area contributed by atoms with Crippen LogP contribution >= 0.6 is 11.6 Å². The molecular formula is C11H12ClN3O2. The van der Waals surface area contributed by atoms with Gasteiger partial charge in [0.05, 0.1) is 10.6 Å². The lowest BCUT2D eigenvalue weighted by Crippen LogP contribution is -2.11. The van der Waals surface area contributed by atoms with Crippen molar-refractivity contribution >= 4 is 11.6 Å². The van der Waals surface area contributed by atoms with E-state index in [1.807, 2.05) is 6.07 Å². The van der Waals surface area contributed by atoms with Crippen LogP contribution in [0, 0.1) is 16.0 Å². The number of allylic oxidation sites excluding steroid dienone is 1. The lowest BCUT2D eigenvalue weighted by atomic mass is 9.97. The average Bonchev–Trinajstić information content (AvgIpc) is 2.68. The van der Waals surface area contributed by atoms with Crippen LogP contribution in [0.2, 0.25) is 5.15 Å². The minimum atomic E-state index is -0.416. The van der Waals surface area contributed by atoms with Crippen LogP contribution < -0.4 is 5.32 Å². The fraction of sp³-hybridized carbons (Fsp3) is 0.364. The Morgan fingerprint density at radius 2 is 2.47 bits per heavy atom. The Hall–Kier alpha value is -1.62. The lowest BCUT2D eigenvalue weighted by Gasteiger charge is -2.09. The molecule has 0 radical (unpaired) electrons. The van der Waals surface area contributed by atoms with Crippen LogP contribution in [0.3, 0.4) is 0 Å². The third-order valence-corrected chi connectivity index (χ3v) is 3.00. The third-order valence-electron chi connectivity index (χ3n) is 2.78. The minimum absolute atomic E-state index is 0.170. The number of nitrogens with one attached hydrogen (secondary N) is 1. The fourth-order valence-corrected chi connectivity index (χ4v) is 2.09. The average molecular weight is 254 g/mol. The molecule has 1 aromatic rings. The van der Waals surface area contributed by atoms with Crippen molar-refractivity contribution in [1.82, 2.24) is 10.3 Å². The van der Waals surface area contributed by atoms with Gasteiger partial charge in [0.2, 0.25) is 0 Å². The highest BCUT2D eigenvalue weighted by Crippen LogP contribution is 2.23. The summed E-state index contributed by atoms with van der Waals surface area (Å²) in [4.78, 5) is 14.0. The van der Waals surface area contributed by atoms with Crippen molar-refractivity contribution in [2.24, 2.45) is 5.92 Å². The summed E-state index contributed by atoms with van der Waals surface area (Å²) in [6.07, 6.45) is 4.42. The molecule has 1 N–H and O–H groups in total. The molecule has 0 amide bonds. The Morgan fingerprint density at radius 3 is 3.12 bits per heavy atom. The first-order valence-electron chi connectivity index (χ1n) is 5.34. The van der Waals surface area contributed by atoms with Crippen LogP contribution in [-0.4, -0.2) is 16.5 Å². The third kappa shape index (κ3) is 3.17. The van der Waals surface area contributed by atoms with E-state index < -0.39 is 4.92 Å². The lowest BCUT2D eigenvalue weighted by molar-refractivity contribution is -0.404. The quantitative estimate of drug-likeness (QED) is 0.508. The summed E-state index contributed by atoms with van der Waals surface area (Å²) in [5, 5.41) is 14.0. The first-order valence-corrected chi connectivity index (χ1v) is 5.72. The van der Waals surface area contributed by atoms with E-state index in [0.717, 1.165) is 31.1 Å². The first-order chi connectivity index (χ1) is 8.15. The standard InChI is InChI=1S/C11H12ClN3O2/c12-11-2-1-8(6-14-11)5-9-3-4-13-10(9)7-15(16)17/h1-2,6-7,9,13H,3-5H2. The molecular weight excluding hydrogens is 242 g/mol. The van der Waals surface area contributed by atoms with E-state index in [4.69, 9.17) is 11.6 Å². The molecule has 5 nitrogen and oxygen atoms in total. The summed E-state index contributed by atoms with van der Waals surface area (Å²) in [7, 11) is 0. The Kier molecular flexibility index (Phi) is 3.58. The molecule has 0 saturated carbocycles. The van der Waals surface area contributed by atoms with Crippen molar-refractivity contribution in [1.29, 1.82) is 0 Å². The topological polar surface area (TPSA) is 68.1 Å². The number of hydrogen-bond acceptors (Lipinski definition) is 4. The number of rotatable bonds is 3. The summed E-state index contributed by atoms with van der Waals surface area (Å²) >= 11 is 5.70. The van der Waals surface area contributed by atoms with Crippen LogP contribution in [0.25, 0.3) is 0 Å². The molecule has 0 bridgehead atoms. The summed E-state index contributed by atoms with van der Waals surface area (Å²) in [6, 6.07) is 3.63. The number of aromatic nitrogens is 1. The SMILES string of the molecule is O=[N+]([O-])C=C1NCCC1Cc1ccc(Cl)nc1. The monoisotopic (exact) mass is 253 g/mol. The fourth-order valence-electron chi connectivity index (χ4n) is 1.98. The van der Waals surface area contributed by atoms with Gasteiger partial charge in [-0.1, -0.05) is 17.7 Å². The van der Waals surface area contributed by atoms with E-state index in [1.54, 1.807) is 12.3 Å². The predicted octanol–water partition coefficient (Wildman–Crippen LogP) is 2.01. The maximum atomic E-state index is 10.5. The van der Waals surface area contributed by atoms with E-state index in [-0.39, 0.29) is 5.92 Å². The Balaban J connectivity index is 2.07. The number of nitro groups is 1. The van der Waals surface area contributed by atoms with Crippen molar-refractivity contribution < 1.29 is 4.92 Å². The molecule has 17 heavy (non-hydrogen) atoms. The molecule has 0 aromatic carbocycles. The highest BCUT2D eigenvalue weighted by atomic mass is 35.5. The second-order valence-electron chi connectivity index (χ2n) is 3.98. The molecule has 0 aliphatic carbocycles. The van der Waals surface area contributed by atoms with E-state index in [9.17, 15) is 10.1 Å². The molecule has 90 valence electrons. The van der Waals surface area contributed by atoms with Gasteiger partial charge in [-0.3, -0.25) is 10.1 Å². The predicted molar refractivity (Wildman–Crippen MR) is 64.1 cm³/mol. The summed E-state index contributed by atoms with van der Waals surface area (Å²) in [6.45, 7) is 0.783. The van der Waals surface area contributed by atoms with E-state index in [0.29, 0.717) is 10.9 Å². The van der Waals surface area contributed by atoms with Crippen LogP contribution in [0.1, 0.15) is 12.0 Å². The van der Waals surface area contributed by atoms with Crippen LogP contribution in [-0.2, 0) is 6.42 Å². The number of nitrogens with zero attached hydrogens (tertiary/aromatic N) is 2. The molecule has 0 spiro atoms. The van der Waals surface area contributed by atoms with Crippen molar-refractivity contribution in [2.45, 2.75) is 12.8 Å². The van der Waals surface area contributed by atoms with Gasteiger partial charge in [0.1, 0.15) is 5.15 Å². The van der Waals surface area contributed by atoms with Crippen molar-refractivity contribution in [3.8, 4) is 0 Å². The van der Waals surface area contributed by atoms with E-state index in [1.165, 1.54) is 0 Å². The number of hydrogen-bond donors (Lipinski definition) is 1. The Bertz CT molecular complexity index is 445. The van der Waals surface area contributed by atoms with Gasteiger partial charge in [-0.15, -0.1) is 0 Å². The maximum absolute atomic E-state index is 10.5. The molecule has 1 unspecified atom stereocenters. The van der Waals surface area contributed by atoms with Crippen molar-refractivity contribution in [3.05, 3.63) is 51.1 Å².